The number of ether oxygens (including phenoxy) is 1. The zero-order chi connectivity index (χ0) is 22.8. The minimum absolute atomic E-state index is 0.189. The maximum Gasteiger partial charge on any atom is 0.257 e. The number of nitrogen functional groups attached to an aromatic ring is 1. The van der Waals surface area contributed by atoms with Crippen molar-refractivity contribution >= 4 is 17.5 Å². The smallest absolute Gasteiger partial charge is 0.257 e. The topological polar surface area (TPSA) is 136 Å². The fraction of sp³-hybridized carbons (Fsp3) is 0.0870. The molecule has 0 fully saturated rings. The van der Waals surface area contributed by atoms with Crippen LogP contribution in [-0.4, -0.2) is 42.8 Å². The van der Waals surface area contributed by atoms with Crippen molar-refractivity contribution in [3.8, 4) is 28.3 Å². The van der Waals surface area contributed by atoms with Gasteiger partial charge in [0.15, 0.2) is 5.65 Å². The van der Waals surface area contributed by atoms with Gasteiger partial charge in [-0.1, -0.05) is 30.3 Å². The highest BCUT2D eigenvalue weighted by molar-refractivity contribution is 5.97. The standard InChI is InChI=1S/C23H20N8O2/c1-33-22-18(9-16(11-26-22)15-7-8-31-19(10-15)28-23(24)30-31)21(32)25-12-17-13-27-29-20(17)14-5-3-2-4-6-14/h2-11,13H,12H2,1H3,(H2,24,30)(H,25,32)(H,27,29). The van der Waals surface area contributed by atoms with Crippen LogP contribution in [0.15, 0.2) is 67.1 Å². The molecule has 5 rings (SSSR count). The molecule has 10 heteroatoms. The van der Waals surface area contributed by atoms with Gasteiger partial charge in [0, 0.05) is 41.8 Å². The third-order valence-corrected chi connectivity index (χ3v) is 5.18. The number of carbonyl (C=O) groups excluding carboxylic acids is 1. The van der Waals surface area contributed by atoms with Crippen molar-refractivity contribution in [1.29, 1.82) is 0 Å². The number of hydrogen-bond acceptors (Lipinski definition) is 7. The number of nitrogens with two attached hydrogens (primary N) is 1. The van der Waals surface area contributed by atoms with Gasteiger partial charge in [0.1, 0.15) is 5.56 Å². The Bertz CT molecular complexity index is 1440. The van der Waals surface area contributed by atoms with Crippen molar-refractivity contribution in [2.45, 2.75) is 6.54 Å². The number of carbonyl (C=O) groups is 1. The Hall–Kier alpha value is -4.73. The van der Waals surface area contributed by atoms with Crippen molar-refractivity contribution in [1.82, 2.24) is 35.1 Å². The van der Waals surface area contributed by atoms with E-state index in [0.29, 0.717) is 11.2 Å². The van der Waals surface area contributed by atoms with Gasteiger partial charge < -0.3 is 15.8 Å². The van der Waals surface area contributed by atoms with Crippen LogP contribution < -0.4 is 15.8 Å². The van der Waals surface area contributed by atoms with Crippen LogP contribution in [0.5, 0.6) is 5.88 Å². The summed E-state index contributed by atoms with van der Waals surface area (Å²) in [5, 5.41) is 14.2. The average molecular weight is 440 g/mol. The molecule has 4 aromatic heterocycles. The summed E-state index contributed by atoms with van der Waals surface area (Å²) in [5.41, 5.74) is 10.8. The van der Waals surface area contributed by atoms with Crippen molar-refractivity contribution in [3.63, 3.8) is 0 Å². The molecular weight excluding hydrogens is 420 g/mol. The molecule has 0 aliphatic carbocycles. The van der Waals surface area contributed by atoms with Crippen LogP contribution in [0.25, 0.3) is 28.0 Å². The molecule has 0 radical (unpaired) electrons. The molecule has 0 aliphatic rings. The van der Waals surface area contributed by atoms with E-state index in [2.05, 4.69) is 30.6 Å². The molecule has 0 saturated heterocycles. The summed E-state index contributed by atoms with van der Waals surface area (Å²) < 4.78 is 6.91. The first-order valence-corrected chi connectivity index (χ1v) is 10.1. The second-order valence-electron chi connectivity index (χ2n) is 7.28. The monoisotopic (exact) mass is 440 g/mol. The van der Waals surface area contributed by atoms with E-state index < -0.39 is 0 Å². The van der Waals surface area contributed by atoms with Gasteiger partial charge >= 0.3 is 0 Å². The first-order chi connectivity index (χ1) is 16.1. The van der Waals surface area contributed by atoms with E-state index in [0.717, 1.165) is 27.9 Å². The molecule has 4 heterocycles. The number of methoxy groups -OCH3 is 1. The van der Waals surface area contributed by atoms with Crippen LogP contribution in [0.1, 0.15) is 15.9 Å². The number of amides is 1. The van der Waals surface area contributed by atoms with Gasteiger partial charge in [0.05, 0.1) is 12.8 Å². The van der Waals surface area contributed by atoms with Crippen LogP contribution in [0.2, 0.25) is 0 Å². The largest absolute Gasteiger partial charge is 0.480 e. The highest BCUT2D eigenvalue weighted by Crippen LogP contribution is 2.26. The lowest BCUT2D eigenvalue weighted by molar-refractivity contribution is 0.0947. The Morgan fingerprint density at radius 1 is 1.15 bits per heavy atom. The van der Waals surface area contributed by atoms with Gasteiger partial charge in [-0.2, -0.15) is 10.1 Å². The third-order valence-electron chi connectivity index (χ3n) is 5.18. The lowest BCUT2D eigenvalue weighted by atomic mass is 10.1. The molecule has 0 aliphatic heterocycles. The van der Waals surface area contributed by atoms with Gasteiger partial charge in [-0.3, -0.25) is 9.89 Å². The summed E-state index contributed by atoms with van der Waals surface area (Å²) in [6.07, 6.45) is 5.17. The SMILES string of the molecule is COc1ncc(-c2ccn3nc(N)nc3c2)cc1C(=O)NCc1c[nH]nc1-c1ccccc1. The first kappa shape index (κ1) is 20.2. The number of aromatic amines is 1. The number of rotatable bonds is 6. The number of nitrogens with zero attached hydrogens (tertiary/aromatic N) is 5. The Balaban J connectivity index is 1.40. The number of pyridine rings is 2. The summed E-state index contributed by atoms with van der Waals surface area (Å²) in [5.74, 6) is 0.114. The lowest BCUT2D eigenvalue weighted by Gasteiger charge is -2.11. The minimum Gasteiger partial charge on any atom is -0.480 e. The quantitative estimate of drug-likeness (QED) is 0.369. The first-order valence-electron chi connectivity index (χ1n) is 10.1. The number of aromatic nitrogens is 6. The average Bonchev–Trinajstić information content (AvgIpc) is 3.47. The molecule has 1 amide bonds. The lowest BCUT2D eigenvalue weighted by Crippen LogP contribution is -2.23. The van der Waals surface area contributed by atoms with E-state index in [9.17, 15) is 4.79 Å². The molecule has 33 heavy (non-hydrogen) atoms. The molecule has 0 spiro atoms. The summed E-state index contributed by atoms with van der Waals surface area (Å²) in [7, 11) is 1.48. The van der Waals surface area contributed by atoms with Crippen LogP contribution in [0, 0.1) is 0 Å². The molecule has 0 saturated carbocycles. The van der Waals surface area contributed by atoms with E-state index in [1.165, 1.54) is 7.11 Å². The Morgan fingerprint density at radius 2 is 2.00 bits per heavy atom. The minimum atomic E-state index is -0.311. The molecule has 4 N–H and O–H groups in total. The molecule has 0 atom stereocenters. The van der Waals surface area contributed by atoms with E-state index in [4.69, 9.17) is 10.5 Å². The number of benzene rings is 1. The van der Waals surface area contributed by atoms with Crippen molar-refractivity contribution in [2.24, 2.45) is 0 Å². The highest BCUT2D eigenvalue weighted by Gasteiger charge is 2.17. The molecule has 0 bridgehead atoms. The maximum absolute atomic E-state index is 13.1. The van der Waals surface area contributed by atoms with Crippen molar-refractivity contribution in [2.75, 3.05) is 12.8 Å². The Morgan fingerprint density at radius 3 is 2.82 bits per heavy atom. The Kier molecular flexibility index (Phi) is 5.15. The molecule has 5 aromatic rings. The van der Waals surface area contributed by atoms with E-state index in [1.807, 2.05) is 42.5 Å². The Labute approximate surface area is 188 Å². The second kappa shape index (κ2) is 8.42. The number of hydrogen-bond donors (Lipinski definition) is 3. The van der Waals surface area contributed by atoms with Crippen molar-refractivity contribution < 1.29 is 9.53 Å². The number of anilines is 1. The number of H-pyrrole nitrogens is 1. The number of fused-ring (bicyclic) bond motifs is 1. The fourth-order valence-electron chi connectivity index (χ4n) is 3.58. The molecular formula is C23H20N8O2. The van der Waals surface area contributed by atoms with Gasteiger partial charge in [0.25, 0.3) is 5.91 Å². The summed E-state index contributed by atoms with van der Waals surface area (Å²) in [6, 6.07) is 15.2. The van der Waals surface area contributed by atoms with E-state index >= 15 is 0 Å². The third kappa shape index (κ3) is 3.97. The van der Waals surface area contributed by atoms with Gasteiger partial charge in [-0.05, 0) is 23.8 Å². The highest BCUT2D eigenvalue weighted by atomic mass is 16.5. The van der Waals surface area contributed by atoms with Crippen LogP contribution in [0.4, 0.5) is 5.95 Å². The van der Waals surface area contributed by atoms with Gasteiger partial charge in [-0.25, -0.2) is 9.50 Å². The molecule has 0 unspecified atom stereocenters. The van der Waals surface area contributed by atoms with E-state index in [-0.39, 0.29) is 24.3 Å². The molecule has 10 nitrogen and oxygen atoms in total. The van der Waals surface area contributed by atoms with Crippen molar-refractivity contribution in [3.05, 3.63) is 78.2 Å². The zero-order valence-corrected chi connectivity index (χ0v) is 17.7. The maximum atomic E-state index is 13.1. The fourth-order valence-corrected chi connectivity index (χ4v) is 3.58. The predicted octanol–water partition coefficient (Wildman–Crippen LogP) is 2.70. The normalized spacial score (nSPS) is 10.9. The van der Waals surface area contributed by atoms with Crippen LogP contribution >= 0.6 is 0 Å². The van der Waals surface area contributed by atoms with Crippen LogP contribution in [0.3, 0.4) is 0 Å². The number of nitrogens with one attached hydrogen (secondary N) is 2. The molecule has 164 valence electrons. The summed E-state index contributed by atoms with van der Waals surface area (Å²) in [4.78, 5) is 21.6. The second-order valence-corrected chi connectivity index (χ2v) is 7.28. The predicted molar refractivity (Wildman–Crippen MR) is 122 cm³/mol. The zero-order valence-electron chi connectivity index (χ0n) is 17.7. The summed E-state index contributed by atoms with van der Waals surface area (Å²) >= 11 is 0. The van der Waals surface area contributed by atoms with Gasteiger partial charge in [-0.15, -0.1) is 5.10 Å². The van der Waals surface area contributed by atoms with E-state index in [1.54, 1.807) is 29.2 Å². The van der Waals surface area contributed by atoms with Gasteiger partial charge in [0.2, 0.25) is 11.8 Å². The summed E-state index contributed by atoms with van der Waals surface area (Å²) in [6.45, 7) is 0.290. The molecule has 1 aromatic carbocycles. The van der Waals surface area contributed by atoms with Crippen LogP contribution in [-0.2, 0) is 6.54 Å².